The van der Waals surface area contributed by atoms with Crippen LogP contribution in [0.2, 0.25) is 0 Å². The lowest BCUT2D eigenvalue weighted by molar-refractivity contribution is 0.728. The van der Waals surface area contributed by atoms with Gasteiger partial charge in [-0.25, -0.2) is 0 Å². The summed E-state index contributed by atoms with van der Waals surface area (Å²) in [4.78, 5) is 0. The van der Waals surface area contributed by atoms with Gasteiger partial charge in [0.05, 0.1) is 11.9 Å². The van der Waals surface area contributed by atoms with E-state index in [4.69, 9.17) is 0 Å². The number of nitrogens with one attached hydrogen (secondary N) is 2. The third-order valence-corrected chi connectivity index (χ3v) is 3.32. The zero-order valence-electron chi connectivity index (χ0n) is 11.0. The van der Waals surface area contributed by atoms with Crippen molar-refractivity contribution in [3.63, 3.8) is 0 Å². The van der Waals surface area contributed by atoms with Crippen LogP contribution in [0.1, 0.15) is 12.5 Å². The first-order valence-electron chi connectivity index (χ1n) is 6.60. The standard InChI is InChI=1S/C16H17N3/c1-2-17-10-15-11-18-19-16(15)14-8-7-12-5-3-4-6-13(12)9-14/h3-9,11,17H,2,10H2,1H3,(H,18,19). The molecule has 0 atom stereocenters. The second-order valence-corrected chi connectivity index (χ2v) is 4.61. The largest absolute Gasteiger partial charge is 0.313 e. The number of benzene rings is 2. The molecule has 0 saturated heterocycles. The van der Waals surface area contributed by atoms with Crippen molar-refractivity contribution in [2.24, 2.45) is 0 Å². The molecule has 0 fully saturated rings. The van der Waals surface area contributed by atoms with E-state index in [9.17, 15) is 0 Å². The first kappa shape index (κ1) is 11.9. The molecule has 2 aromatic carbocycles. The molecule has 0 aliphatic heterocycles. The van der Waals surface area contributed by atoms with Crippen molar-refractivity contribution in [1.29, 1.82) is 0 Å². The minimum absolute atomic E-state index is 0.842. The number of rotatable bonds is 4. The van der Waals surface area contributed by atoms with Crippen molar-refractivity contribution in [2.75, 3.05) is 6.54 Å². The predicted molar refractivity (Wildman–Crippen MR) is 78.9 cm³/mol. The minimum Gasteiger partial charge on any atom is -0.313 e. The summed E-state index contributed by atoms with van der Waals surface area (Å²) < 4.78 is 0. The summed E-state index contributed by atoms with van der Waals surface area (Å²) in [6, 6.07) is 14.9. The quantitative estimate of drug-likeness (QED) is 0.746. The summed E-state index contributed by atoms with van der Waals surface area (Å²) in [5.41, 5.74) is 3.49. The molecule has 19 heavy (non-hydrogen) atoms. The number of hydrogen-bond acceptors (Lipinski definition) is 2. The fraction of sp³-hybridized carbons (Fsp3) is 0.188. The Bertz CT molecular complexity index is 685. The number of aromatic nitrogens is 2. The highest BCUT2D eigenvalue weighted by Gasteiger charge is 2.07. The number of nitrogens with zero attached hydrogens (tertiary/aromatic N) is 1. The molecule has 2 N–H and O–H groups in total. The summed E-state index contributed by atoms with van der Waals surface area (Å²) in [5.74, 6) is 0. The number of aromatic amines is 1. The average Bonchev–Trinajstić information content (AvgIpc) is 2.93. The van der Waals surface area contributed by atoms with Gasteiger partial charge in [-0.15, -0.1) is 0 Å². The monoisotopic (exact) mass is 251 g/mol. The molecule has 0 unspecified atom stereocenters. The molecule has 1 heterocycles. The first-order valence-corrected chi connectivity index (χ1v) is 6.60. The fourth-order valence-electron chi connectivity index (χ4n) is 2.30. The molecular formula is C16H17N3. The highest BCUT2D eigenvalue weighted by molar-refractivity contribution is 5.87. The van der Waals surface area contributed by atoms with Gasteiger partial charge in [0.15, 0.2) is 0 Å². The Kier molecular flexibility index (Phi) is 3.29. The highest BCUT2D eigenvalue weighted by Crippen LogP contribution is 2.25. The third-order valence-electron chi connectivity index (χ3n) is 3.32. The van der Waals surface area contributed by atoms with Crippen LogP contribution in [0.25, 0.3) is 22.0 Å². The van der Waals surface area contributed by atoms with E-state index in [0.717, 1.165) is 18.8 Å². The van der Waals surface area contributed by atoms with E-state index in [1.807, 2.05) is 6.20 Å². The van der Waals surface area contributed by atoms with Gasteiger partial charge < -0.3 is 5.32 Å². The summed E-state index contributed by atoms with van der Waals surface area (Å²) in [6.45, 7) is 3.91. The van der Waals surface area contributed by atoms with Gasteiger partial charge in [-0.2, -0.15) is 5.10 Å². The summed E-state index contributed by atoms with van der Waals surface area (Å²) in [6.07, 6.45) is 1.90. The van der Waals surface area contributed by atoms with Crippen molar-refractivity contribution < 1.29 is 0 Å². The van der Waals surface area contributed by atoms with Gasteiger partial charge in [-0.1, -0.05) is 43.3 Å². The van der Waals surface area contributed by atoms with Gasteiger partial charge in [0.2, 0.25) is 0 Å². The minimum atomic E-state index is 0.842. The van der Waals surface area contributed by atoms with E-state index >= 15 is 0 Å². The zero-order valence-corrected chi connectivity index (χ0v) is 11.0. The number of H-pyrrole nitrogens is 1. The Morgan fingerprint density at radius 1 is 1.11 bits per heavy atom. The SMILES string of the molecule is CCNCc1cn[nH]c1-c1ccc2ccccc2c1. The lowest BCUT2D eigenvalue weighted by atomic mass is 10.0. The van der Waals surface area contributed by atoms with Crippen LogP contribution in [0.5, 0.6) is 0 Å². The molecule has 1 aromatic heterocycles. The maximum absolute atomic E-state index is 4.17. The molecule has 0 aliphatic rings. The lowest BCUT2D eigenvalue weighted by Crippen LogP contribution is -2.11. The Labute approximate surface area is 112 Å². The smallest absolute Gasteiger partial charge is 0.0695 e. The van der Waals surface area contributed by atoms with Gasteiger partial charge in [0.25, 0.3) is 0 Å². The summed E-state index contributed by atoms with van der Waals surface area (Å²) in [7, 11) is 0. The van der Waals surface area contributed by atoms with E-state index < -0.39 is 0 Å². The Balaban J connectivity index is 2.01. The van der Waals surface area contributed by atoms with E-state index in [2.05, 4.69) is 64.9 Å². The molecular weight excluding hydrogens is 234 g/mol. The highest BCUT2D eigenvalue weighted by atomic mass is 15.1. The topological polar surface area (TPSA) is 40.7 Å². The van der Waals surface area contributed by atoms with Gasteiger partial charge >= 0.3 is 0 Å². The van der Waals surface area contributed by atoms with Crippen LogP contribution >= 0.6 is 0 Å². The van der Waals surface area contributed by atoms with Crippen LogP contribution in [0.4, 0.5) is 0 Å². The van der Waals surface area contributed by atoms with Crippen LogP contribution in [0.3, 0.4) is 0 Å². The molecule has 0 bridgehead atoms. The lowest BCUT2D eigenvalue weighted by Gasteiger charge is -2.05. The summed E-state index contributed by atoms with van der Waals surface area (Å²) >= 11 is 0. The number of hydrogen-bond donors (Lipinski definition) is 2. The summed E-state index contributed by atoms with van der Waals surface area (Å²) in [5, 5.41) is 13.1. The van der Waals surface area contributed by atoms with Crippen LogP contribution in [0.15, 0.2) is 48.7 Å². The van der Waals surface area contributed by atoms with E-state index in [-0.39, 0.29) is 0 Å². The van der Waals surface area contributed by atoms with Gasteiger partial charge in [0, 0.05) is 17.7 Å². The Hall–Kier alpha value is -2.13. The van der Waals surface area contributed by atoms with Crippen molar-refractivity contribution >= 4 is 10.8 Å². The van der Waals surface area contributed by atoms with Crippen molar-refractivity contribution in [3.05, 3.63) is 54.2 Å². The molecule has 0 radical (unpaired) electrons. The molecule has 3 heteroatoms. The normalized spacial score (nSPS) is 11.0. The van der Waals surface area contributed by atoms with Crippen molar-refractivity contribution in [1.82, 2.24) is 15.5 Å². The van der Waals surface area contributed by atoms with Crippen molar-refractivity contribution in [3.8, 4) is 11.3 Å². The maximum Gasteiger partial charge on any atom is 0.0695 e. The zero-order chi connectivity index (χ0) is 13.1. The molecule has 0 saturated carbocycles. The second-order valence-electron chi connectivity index (χ2n) is 4.61. The average molecular weight is 251 g/mol. The van der Waals surface area contributed by atoms with Crippen LogP contribution in [-0.2, 0) is 6.54 Å². The number of fused-ring (bicyclic) bond motifs is 1. The Morgan fingerprint density at radius 3 is 2.79 bits per heavy atom. The van der Waals surface area contributed by atoms with E-state index in [1.54, 1.807) is 0 Å². The Morgan fingerprint density at radius 2 is 1.95 bits per heavy atom. The fourth-order valence-corrected chi connectivity index (χ4v) is 2.30. The second kappa shape index (κ2) is 5.24. The van der Waals surface area contributed by atoms with Crippen LogP contribution in [-0.4, -0.2) is 16.7 Å². The van der Waals surface area contributed by atoms with Crippen LogP contribution < -0.4 is 5.32 Å². The van der Waals surface area contributed by atoms with E-state index in [1.165, 1.54) is 21.9 Å². The first-order chi connectivity index (χ1) is 9.38. The molecule has 3 rings (SSSR count). The van der Waals surface area contributed by atoms with Gasteiger partial charge in [-0.05, 0) is 23.4 Å². The molecule has 96 valence electrons. The third kappa shape index (κ3) is 2.37. The molecule has 3 nitrogen and oxygen atoms in total. The van der Waals surface area contributed by atoms with Crippen molar-refractivity contribution in [2.45, 2.75) is 13.5 Å². The molecule has 0 spiro atoms. The van der Waals surface area contributed by atoms with Gasteiger partial charge in [-0.3, -0.25) is 5.10 Å². The molecule has 0 aliphatic carbocycles. The predicted octanol–water partition coefficient (Wildman–Crippen LogP) is 3.34. The molecule has 3 aromatic rings. The van der Waals surface area contributed by atoms with Gasteiger partial charge in [0.1, 0.15) is 0 Å². The molecule has 0 amide bonds. The van der Waals surface area contributed by atoms with Crippen LogP contribution in [0, 0.1) is 0 Å². The maximum atomic E-state index is 4.17. The van der Waals surface area contributed by atoms with E-state index in [0.29, 0.717) is 0 Å².